The van der Waals surface area contributed by atoms with Crippen molar-refractivity contribution in [1.29, 1.82) is 0 Å². The van der Waals surface area contributed by atoms with Gasteiger partial charge in [-0.05, 0) is 55.2 Å². The van der Waals surface area contributed by atoms with Gasteiger partial charge in [0.05, 0.1) is 12.0 Å². The highest BCUT2D eigenvalue weighted by Crippen LogP contribution is 2.38. The Kier molecular flexibility index (Phi) is 3.85. The lowest BCUT2D eigenvalue weighted by Crippen LogP contribution is -2.16. The number of furan rings is 1. The summed E-state index contributed by atoms with van der Waals surface area (Å²) in [5.41, 5.74) is 16.2. The molecule has 0 aliphatic rings. The fourth-order valence-electron chi connectivity index (χ4n) is 3.38. The van der Waals surface area contributed by atoms with E-state index >= 15 is 0 Å². The van der Waals surface area contributed by atoms with Gasteiger partial charge in [-0.25, -0.2) is 9.50 Å². The van der Waals surface area contributed by atoms with Crippen LogP contribution in [-0.2, 0) is 0 Å². The van der Waals surface area contributed by atoms with E-state index in [9.17, 15) is 9.90 Å². The van der Waals surface area contributed by atoms with E-state index in [4.69, 9.17) is 15.9 Å². The summed E-state index contributed by atoms with van der Waals surface area (Å²) in [6, 6.07) is 5.20. The Balaban J connectivity index is 2.06. The van der Waals surface area contributed by atoms with Crippen LogP contribution in [0.4, 0.5) is 5.69 Å². The highest BCUT2D eigenvalue weighted by Gasteiger charge is 2.23. The molecule has 0 saturated heterocycles. The fourth-order valence-corrected chi connectivity index (χ4v) is 3.38. The number of phenols is 1. The Morgan fingerprint density at radius 3 is 2.64 bits per heavy atom. The molecular formula is C20H19N5O3. The minimum absolute atomic E-state index is 0.0710. The average molecular weight is 377 g/mol. The van der Waals surface area contributed by atoms with Crippen molar-refractivity contribution in [2.75, 3.05) is 5.73 Å². The maximum absolute atomic E-state index is 12.2. The Morgan fingerprint density at radius 2 is 2.00 bits per heavy atom. The van der Waals surface area contributed by atoms with Crippen LogP contribution in [-0.4, -0.2) is 25.6 Å². The molecular weight excluding hydrogens is 358 g/mol. The van der Waals surface area contributed by atoms with Crippen molar-refractivity contribution >= 4 is 17.2 Å². The summed E-state index contributed by atoms with van der Waals surface area (Å²) in [4.78, 5) is 16.6. The normalized spacial score (nSPS) is 11.2. The highest BCUT2D eigenvalue weighted by atomic mass is 16.3. The van der Waals surface area contributed by atoms with Crippen molar-refractivity contribution in [1.82, 2.24) is 14.6 Å². The van der Waals surface area contributed by atoms with Crippen LogP contribution in [0, 0.1) is 20.8 Å². The number of hydrogen-bond acceptors (Lipinski definition) is 6. The zero-order valence-electron chi connectivity index (χ0n) is 15.6. The summed E-state index contributed by atoms with van der Waals surface area (Å²) >= 11 is 0. The van der Waals surface area contributed by atoms with E-state index in [1.807, 2.05) is 13.8 Å². The van der Waals surface area contributed by atoms with E-state index in [1.54, 1.807) is 37.6 Å². The molecule has 0 aliphatic heterocycles. The van der Waals surface area contributed by atoms with E-state index in [0.29, 0.717) is 28.3 Å². The number of aromatic nitrogens is 3. The van der Waals surface area contributed by atoms with Gasteiger partial charge in [0, 0.05) is 11.8 Å². The molecule has 4 rings (SSSR count). The summed E-state index contributed by atoms with van der Waals surface area (Å²) in [6.45, 7) is 5.57. The highest BCUT2D eigenvalue weighted by molar-refractivity contribution is 6.07. The molecule has 142 valence electrons. The Labute approximate surface area is 160 Å². The maximum Gasteiger partial charge on any atom is 0.254 e. The third-order valence-corrected chi connectivity index (χ3v) is 4.78. The molecule has 3 aromatic heterocycles. The second-order valence-corrected chi connectivity index (χ2v) is 6.79. The second kappa shape index (κ2) is 6.12. The second-order valence-electron chi connectivity index (χ2n) is 6.79. The van der Waals surface area contributed by atoms with Crippen LogP contribution in [0.1, 0.15) is 27.0 Å². The molecule has 0 atom stereocenters. The first-order chi connectivity index (χ1) is 13.3. The number of primary amides is 1. The van der Waals surface area contributed by atoms with Gasteiger partial charge in [-0.1, -0.05) is 6.07 Å². The molecule has 28 heavy (non-hydrogen) atoms. The predicted molar refractivity (Wildman–Crippen MR) is 105 cm³/mol. The van der Waals surface area contributed by atoms with Gasteiger partial charge in [-0.15, -0.1) is 5.10 Å². The molecule has 0 unspecified atom stereocenters. The molecule has 8 nitrogen and oxygen atoms in total. The van der Waals surface area contributed by atoms with Crippen molar-refractivity contribution in [2.45, 2.75) is 20.8 Å². The maximum atomic E-state index is 12.2. The molecule has 1 aromatic carbocycles. The van der Waals surface area contributed by atoms with Crippen LogP contribution in [0.25, 0.3) is 28.4 Å². The van der Waals surface area contributed by atoms with Gasteiger partial charge in [0.1, 0.15) is 11.3 Å². The van der Waals surface area contributed by atoms with Gasteiger partial charge < -0.3 is 21.0 Å². The molecule has 5 N–H and O–H groups in total. The van der Waals surface area contributed by atoms with Crippen LogP contribution in [0.5, 0.6) is 5.75 Å². The van der Waals surface area contributed by atoms with E-state index in [-0.39, 0.29) is 22.6 Å². The standard InChI is InChI=1S/C20H19N5O3/c1-9-6-14(28-8-9)19-23-20-16(18(22)27)17(21)12(7-25(20)24-19)15-10(2)4-5-13(26)11(15)3/h4-8,26H,21H2,1-3H3,(H2,22,27). The summed E-state index contributed by atoms with van der Waals surface area (Å²) in [7, 11) is 0. The number of aryl methyl sites for hydroxylation is 2. The molecule has 0 bridgehead atoms. The van der Waals surface area contributed by atoms with Crippen LogP contribution < -0.4 is 11.5 Å². The first-order valence-electron chi connectivity index (χ1n) is 8.61. The summed E-state index contributed by atoms with van der Waals surface area (Å²) in [6.07, 6.45) is 3.27. The van der Waals surface area contributed by atoms with Crippen LogP contribution in [0.3, 0.4) is 0 Å². The largest absolute Gasteiger partial charge is 0.508 e. The SMILES string of the molecule is Cc1coc(-c2nc3c(C(N)=O)c(N)c(-c4c(C)ccc(O)c4C)cn3n2)c1. The van der Waals surface area contributed by atoms with Crippen molar-refractivity contribution in [3.63, 3.8) is 0 Å². The number of anilines is 1. The molecule has 4 aromatic rings. The van der Waals surface area contributed by atoms with Crippen LogP contribution in [0.15, 0.2) is 35.1 Å². The third kappa shape index (κ3) is 2.58. The number of hydrogen-bond donors (Lipinski definition) is 3. The van der Waals surface area contributed by atoms with Gasteiger partial charge in [-0.3, -0.25) is 4.79 Å². The number of benzene rings is 1. The quantitative estimate of drug-likeness (QED) is 0.503. The van der Waals surface area contributed by atoms with E-state index in [2.05, 4.69) is 10.1 Å². The molecule has 0 radical (unpaired) electrons. The minimum atomic E-state index is -0.714. The van der Waals surface area contributed by atoms with Gasteiger partial charge in [0.2, 0.25) is 5.82 Å². The molecule has 8 heteroatoms. The molecule has 1 amide bonds. The lowest BCUT2D eigenvalue weighted by molar-refractivity contribution is 0.100. The lowest BCUT2D eigenvalue weighted by atomic mass is 9.93. The van der Waals surface area contributed by atoms with Gasteiger partial charge in [-0.2, -0.15) is 0 Å². The number of nitrogens with two attached hydrogens (primary N) is 2. The Bertz CT molecular complexity index is 1250. The van der Waals surface area contributed by atoms with Gasteiger partial charge in [0.15, 0.2) is 11.4 Å². The van der Waals surface area contributed by atoms with Crippen LogP contribution in [0.2, 0.25) is 0 Å². The van der Waals surface area contributed by atoms with E-state index < -0.39 is 5.91 Å². The van der Waals surface area contributed by atoms with E-state index in [0.717, 1.165) is 11.1 Å². The monoisotopic (exact) mass is 377 g/mol. The van der Waals surface area contributed by atoms with Crippen molar-refractivity contribution in [3.05, 3.63) is 52.9 Å². The molecule has 0 spiro atoms. The fraction of sp³-hybridized carbons (Fsp3) is 0.150. The number of pyridine rings is 1. The number of nitrogens with zero attached hydrogens (tertiary/aromatic N) is 3. The van der Waals surface area contributed by atoms with E-state index in [1.165, 1.54) is 4.52 Å². The number of amides is 1. The Hall–Kier alpha value is -3.81. The lowest BCUT2D eigenvalue weighted by Gasteiger charge is -2.15. The molecule has 0 saturated carbocycles. The summed E-state index contributed by atoms with van der Waals surface area (Å²) < 4.78 is 6.92. The first-order valence-corrected chi connectivity index (χ1v) is 8.61. The summed E-state index contributed by atoms with van der Waals surface area (Å²) in [5, 5.41) is 14.6. The first kappa shape index (κ1) is 17.6. The van der Waals surface area contributed by atoms with Crippen molar-refractivity contribution < 1.29 is 14.3 Å². The number of carbonyl (C=O) groups excluding carboxylic acids is 1. The summed E-state index contributed by atoms with van der Waals surface area (Å²) in [5.74, 6) is 0.207. The predicted octanol–water partition coefficient (Wildman–Crippen LogP) is 2.97. The smallest absolute Gasteiger partial charge is 0.254 e. The molecule has 0 aliphatic carbocycles. The number of fused-ring (bicyclic) bond motifs is 1. The number of aromatic hydroxyl groups is 1. The molecule has 0 fully saturated rings. The number of nitrogen functional groups attached to an aromatic ring is 1. The minimum Gasteiger partial charge on any atom is -0.508 e. The average Bonchev–Trinajstić information content (AvgIpc) is 3.24. The molecule has 3 heterocycles. The number of carbonyl (C=O) groups is 1. The van der Waals surface area contributed by atoms with Crippen molar-refractivity contribution in [2.24, 2.45) is 5.73 Å². The third-order valence-electron chi connectivity index (χ3n) is 4.78. The van der Waals surface area contributed by atoms with Gasteiger partial charge in [0.25, 0.3) is 5.91 Å². The zero-order chi connectivity index (χ0) is 20.2. The number of rotatable bonds is 3. The van der Waals surface area contributed by atoms with Crippen LogP contribution >= 0.6 is 0 Å². The number of phenolic OH excluding ortho intramolecular Hbond substituents is 1. The zero-order valence-corrected chi connectivity index (χ0v) is 15.6. The van der Waals surface area contributed by atoms with Crippen molar-refractivity contribution in [3.8, 4) is 28.5 Å². The Morgan fingerprint density at radius 1 is 1.25 bits per heavy atom. The van der Waals surface area contributed by atoms with Gasteiger partial charge >= 0.3 is 0 Å². The topological polar surface area (TPSA) is 133 Å².